The molecule has 3 rings (SSSR count). The molecule has 28 heavy (non-hydrogen) atoms. The van der Waals surface area contributed by atoms with Gasteiger partial charge in [0, 0.05) is 23.0 Å². The molecule has 2 aromatic carbocycles. The summed E-state index contributed by atoms with van der Waals surface area (Å²) in [5.74, 6) is -1.82. The molecular weight excluding hydrogens is 401 g/mol. The molecule has 144 valence electrons. The molecule has 0 spiro atoms. The molecule has 5 nitrogen and oxygen atoms in total. The molecule has 0 radical (unpaired) electrons. The van der Waals surface area contributed by atoms with E-state index in [1.54, 1.807) is 41.8 Å². The maximum Gasteiger partial charge on any atom is 0.355 e. The molecule has 7 heteroatoms. The molecule has 0 saturated carbocycles. The lowest BCUT2D eigenvalue weighted by Gasteiger charge is -2.12. The molecule has 0 unspecified atom stereocenters. The van der Waals surface area contributed by atoms with Crippen molar-refractivity contribution in [3.63, 3.8) is 0 Å². The molecule has 0 fully saturated rings. The number of para-hydroxylation sites is 1. The van der Waals surface area contributed by atoms with Gasteiger partial charge >= 0.3 is 11.9 Å². The van der Waals surface area contributed by atoms with Crippen LogP contribution in [0.25, 0.3) is 16.5 Å². The number of carbonyl (C=O) groups excluding carboxylic acids is 1. The fourth-order valence-corrected chi connectivity index (χ4v) is 3.43. The Hall–Kier alpha value is -2.76. The van der Waals surface area contributed by atoms with Crippen molar-refractivity contribution in [1.82, 2.24) is 4.57 Å². The fraction of sp³-hybridized carbons (Fsp3) is 0.143. The first-order valence-electron chi connectivity index (χ1n) is 8.50. The zero-order valence-corrected chi connectivity index (χ0v) is 16.5. The van der Waals surface area contributed by atoms with Gasteiger partial charge in [-0.25, -0.2) is 9.59 Å². The van der Waals surface area contributed by atoms with E-state index in [0.717, 1.165) is 5.56 Å². The van der Waals surface area contributed by atoms with Crippen molar-refractivity contribution < 1.29 is 19.4 Å². The Labute approximate surface area is 171 Å². The van der Waals surface area contributed by atoms with Crippen LogP contribution in [0.4, 0.5) is 0 Å². The van der Waals surface area contributed by atoms with E-state index in [0.29, 0.717) is 20.9 Å². The number of rotatable bonds is 6. The molecule has 0 atom stereocenters. The van der Waals surface area contributed by atoms with Crippen molar-refractivity contribution >= 4 is 51.6 Å². The van der Waals surface area contributed by atoms with Gasteiger partial charge in [0.05, 0.1) is 22.2 Å². The van der Waals surface area contributed by atoms with E-state index >= 15 is 0 Å². The van der Waals surface area contributed by atoms with Crippen LogP contribution in [-0.2, 0) is 16.1 Å². The molecule has 3 aromatic rings. The Balaban J connectivity index is 2.29. The molecule has 0 aliphatic rings. The van der Waals surface area contributed by atoms with Gasteiger partial charge in [-0.05, 0) is 30.7 Å². The van der Waals surface area contributed by atoms with Crippen LogP contribution in [0, 0.1) is 0 Å². The van der Waals surface area contributed by atoms with Gasteiger partial charge in [0.1, 0.15) is 5.69 Å². The number of halogens is 2. The van der Waals surface area contributed by atoms with E-state index in [-0.39, 0.29) is 30.0 Å². The molecule has 0 saturated heterocycles. The molecular formula is C21H17Cl2NO4. The Kier molecular flexibility index (Phi) is 5.77. The summed E-state index contributed by atoms with van der Waals surface area (Å²) in [6.45, 7) is 5.79. The molecule has 0 bridgehead atoms. The highest BCUT2D eigenvalue weighted by Gasteiger charge is 2.27. The number of fused-ring (bicyclic) bond motifs is 1. The molecule has 0 aliphatic heterocycles. The minimum absolute atomic E-state index is 0.140. The number of benzene rings is 2. The van der Waals surface area contributed by atoms with Crippen molar-refractivity contribution in [2.45, 2.75) is 13.5 Å². The van der Waals surface area contributed by atoms with Crippen LogP contribution in [0.3, 0.4) is 0 Å². The average Bonchev–Trinajstić information content (AvgIpc) is 2.98. The minimum atomic E-state index is -1.21. The van der Waals surface area contributed by atoms with E-state index in [1.165, 1.54) is 0 Å². The van der Waals surface area contributed by atoms with Gasteiger partial charge < -0.3 is 14.4 Å². The van der Waals surface area contributed by atoms with Gasteiger partial charge in [0.15, 0.2) is 0 Å². The summed E-state index contributed by atoms with van der Waals surface area (Å²) < 4.78 is 6.93. The second kappa shape index (κ2) is 8.09. The number of hydrogen-bond donors (Lipinski definition) is 1. The quantitative estimate of drug-likeness (QED) is 0.437. The first-order valence-corrected chi connectivity index (χ1v) is 9.25. The van der Waals surface area contributed by atoms with Gasteiger partial charge in [0.25, 0.3) is 0 Å². The lowest BCUT2D eigenvalue weighted by molar-refractivity contribution is -0.130. The predicted molar refractivity (Wildman–Crippen MR) is 110 cm³/mol. The topological polar surface area (TPSA) is 68.5 Å². The van der Waals surface area contributed by atoms with Crippen LogP contribution in [0.1, 0.15) is 28.5 Å². The number of carboxylic acid groups (broad SMARTS) is 1. The van der Waals surface area contributed by atoms with E-state index in [2.05, 4.69) is 6.58 Å². The second-order valence-corrected chi connectivity index (χ2v) is 6.89. The van der Waals surface area contributed by atoms with Crippen LogP contribution in [-0.4, -0.2) is 28.2 Å². The number of esters is 1. The summed E-state index contributed by atoms with van der Waals surface area (Å²) >= 11 is 12.1. The molecule has 0 aliphatic carbocycles. The van der Waals surface area contributed by atoms with Crippen LogP contribution in [0.15, 0.2) is 49.0 Å². The van der Waals surface area contributed by atoms with Gasteiger partial charge in [-0.3, -0.25) is 0 Å². The average molecular weight is 418 g/mol. The zero-order chi connectivity index (χ0) is 20.4. The Morgan fingerprint density at radius 3 is 2.50 bits per heavy atom. The second-order valence-electron chi connectivity index (χ2n) is 6.08. The number of carbonyl (C=O) groups is 2. The van der Waals surface area contributed by atoms with Crippen LogP contribution < -0.4 is 0 Å². The number of aliphatic carboxylic acids is 1. The highest BCUT2D eigenvalue weighted by Crippen LogP contribution is 2.33. The lowest BCUT2D eigenvalue weighted by atomic mass is 10.0. The Morgan fingerprint density at radius 1 is 1.14 bits per heavy atom. The number of carboxylic acids is 1. The third-order valence-electron chi connectivity index (χ3n) is 4.32. The highest BCUT2D eigenvalue weighted by molar-refractivity contribution is 6.42. The zero-order valence-electron chi connectivity index (χ0n) is 15.0. The van der Waals surface area contributed by atoms with Gasteiger partial charge in [-0.15, -0.1) is 0 Å². The van der Waals surface area contributed by atoms with Crippen molar-refractivity contribution in [2.24, 2.45) is 0 Å². The van der Waals surface area contributed by atoms with Crippen molar-refractivity contribution in [1.29, 1.82) is 0 Å². The Morgan fingerprint density at radius 2 is 1.86 bits per heavy atom. The van der Waals surface area contributed by atoms with Crippen molar-refractivity contribution in [3.05, 3.63) is 75.9 Å². The van der Waals surface area contributed by atoms with Gasteiger partial charge in [-0.2, -0.15) is 0 Å². The van der Waals surface area contributed by atoms with E-state index in [1.807, 2.05) is 12.1 Å². The summed E-state index contributed by atoms with van der Waals surface area (Å²) in [7, 11) is 0. The van der Waals surface area contributed by atoms with E-state index in [9.17, 15) is 14.7 Å². The number of ether oxygens (including phenoxy) is 1. The first kappa shape index (κ1) is 20.0. The number of hydrogen-bond acceptors (Lipinski definition) is 3. The van der Waals surface area contributed by atoms with Crippen LogP contribution >= 0.6 is 23.2 Å². The van der Waals surface area contributed by atoms with Gasteiger partial charge in [0.2, 0.25) is 0 Å². The molecule has 1 aromatic heterocycles. The third kappa shape index (κ3) is 3.63. The summed E-state index contributed by atoms with van der Waals surface area (Å²) in [5, 5.41) is 10.9. The molecule has 1 heterocycles. The van der Waals surface area contributed by atoms with E-state index in [4.69, 9.17) is 27.9 Å². The monoisotopic (exact) mass is 417 g/mol. The fourth-order valence-electron chi connectivity index (χ4n) is 3.11. The maximum absolute atomic E-state index is 12.8. The minimum Gasteiger partial charge on any atom is -0.478 e. The van der Waals surface area contributed by atoms with Crippen LogP contribution in [0.5, 0.6) is 0 Å². The third-order valence-corrected chi connectivity index (χ3v) is 5.06. The standard InChI is InChI=1S/C21H17Cl2NO4/c1-3-28-21(27)19-18(12(2)20(25)26)14-6-4-5-7-17(14)24(19)11-13-8-9-15(22)16(23)10-13/h4-10H,2-3,11H2,1H3,(H,25,26). The smallest absolute Gasteiger partial charge is 0.355 e. The largest absolute Gasteiger partial charge is 0.478 e. The molecule has 0 amide bonds. The lowest BCUT2D eigenvalue weighted by Crippen LogP contribution is -2.15. The first-order chi connectivity index (χ1) is 13.3. The SMILES string of the molecule is C=C(C(=O)O)c1c(C(=O)OCC)n(Cc2ccc(Cl)c(Cl)c2)c2ccccc12. The highest BCUT2D eigenvalue weighted by atomic mass is 35.5. The maximum atomic E-state index is 12.8. The van der Waals surface area contributed by atoms with Crippen LogP contribution in [0.2, 0.25) is 10.0 Å². The summed E-state index contributed by atoms with van der Waals surface area (Å²) in [4.78, 5) is 24.4. The normalized spacial score (nSPS) is 10.8. The number of nitrogens with zero attached hydrogens (tertiary/aromatic N) is 1. The summed E-state index contributed by atoms with van der Waals surface area (Å²) in [6.07, 6.45) is 0. The molecule has 1 N–H and O–H groups in total. The Bertz CT molecular complexity index is 1100. The predicted octanol–water partition coefficient (Wildman–Crippen LogP) is 5.27. The summed E-state index contributed by atoms with van der Waals surface area (Å²) in [5.41, 5.74) is 1.71. The number of aromatic nitrogens is 1. The van der Waals surface area contributed by atoms with Gasteiger partial charge in [-0.1, -0.05) is 54.0 Å². The summed E-state index contributed by atoms with van der Waals surface area (Å²) in [6, 6.07) is 12.3. The van der Waals surface area contributed by atoms with E-state index < -0.39 is 11.9 Å². The van der Waals surface area contributed by atoms with Crippen molar-refractivity contribution in [3.8, 4) is 0 Å². The van der Waals surface area contributed by atoms with Crippen molar-refractivity contribution in [2.75, 3.05) is 6.61 Å².